The van der Waals surface area contributed by atoms with E-state index in [2.05, 4.69) is 15.9 Å². The highest BCUT2D eigenvalue weighted by Gasteiger charge is 2.17. The van der Waals surface area contributed by atoms with Crippen molar-refractivity contribution < 1.29 is 13.6 Å². The molecule has 0 heterocycles. The summed E-state index contributed by atoms with van der Waals surface area (Å²) in [6.45, 7) is 3.18. The summed E-state index contributed by atoms with van der Waals surface area (Å²) in [4.78, 5) is 12.4. The first-order valence-corrected chi connectivity index (χ1v) is 6.66. The number of aryl methyl sites for hydroxylation is 2. The summed E-state index contributed by atoms with van der Waals surface area (Å²) >= 11 is 3.14. The fourth-order valence-electron chi connectivity index (χ4n) is 1.97. The number of halogens is 3. The Morgan fingerprint density at radius 1 is 1.10 bits per heavy atom. The molecule has 20 heavy (non-hydrogen) atoms. The molecule has 2 rings (SSSR count). The number of carbonyl (C=O) groups excluding carboxylic acids is 1. The Balaban J connectivity index is 2.55. The molecule has 0 aliphatic heterocycles. The highest BCUT2D eigenvalue weighted by molar-refractivity contribution is 9.10. The molecule has 0 aliphatic carbocycles. The molecule has 0 saturated carbocycles. The number of anilines is 1. The monoisotopic (exact) mass is 339 g/mol. The number of nitrogen functional groups attached to an aromatic ring is 1. The summed E-state index contributed by atoms with van der Waals surface area (Å²) in [5, 5.41) is 0. The molecule has 0 amide bonds. The lowest BCUT2D eigenvalue weighted by Gasteiger charge is -2.09. The molecule has 104 valence electrons. The van der Waals surface area contributed by atoms with E-state index in [1.165, 1.54) is 18.2 Å². The van der Waals surface area contributed by atoms with Crippen molar-refractivity contribution in [1.29, 1.82) is 0 Å². The lowest BCUT2D eigenvalue weighted by molar-refractivity contribution is 0.103. The standard InChI is InChI=1S/C15H12BrF2NO/c1-7-3-9(4-8(2)14(7)18)15(20)10-5-13(19)12(17)6-11(10)16/h3-6H,19H2,1-2H3. The van der Waals surface area contributed by atoms with E-state index in [4.69, 9.17) is 5.73 Å². The Labute approximate surface area is 123 Å². The van der Waals surface area contributed by atoms with Crippen LogP contribution in [0.15, 0.2) is 28.7 Å². The lowest BCUT2D eigenvalue weighted by Crippen LogP contribution is -2.06. The van der Waals surface area contributed by atoms with Gasteiger partial charge in [-0.15, -0.1) is 0 Å². The summed E-state index contributed by atoms with van der Waals surface area (Å²) in [6.07, 6.45) is 0. The molecule has 0 bridgehead atoms. The van der Waals surface area contributed by atoms with E-state index in [9.17, 15) is 13.6 Å². The maximum Gasteiger partial charge on any atom is 0.194 e. The number of carbonyl (C=O) groups is 1. The van der Waals surface area contributed by atoms with Gasteiger partial charge in [0.1, 0.15) is 11.6 Å². The summed E-state index contributed by atoms with van der Waals surface area (Å²) in [6, 6.07) is 5.36. The van der Waals surface area contributed by atoms with E-state index in [0.717, 1.165) is 6.07 Å². The number of ketones is 1. The Kier molecular flexibility index (Phi) is 3.90. The van der Waals surface area contributed by atoms with E-state index in [-0.39, 0.29) is 22.9 Å². The van der Waals surface area contributed by atoms with Crippen LogP contribution in [0.25, 0.3) is 0 Å². The highest BCUT2D eigenvalue weighted by Crippen LogP contribution is 2.26. The van der Waals surface area contributed by atoms with Crippen molar-refractivity contribution in [2.45, 2.75) is 13.8 Å². The second kappa shape index (κ2) is 5.32. The molecule has 2 nitrogen and oxygen atoms in total. The van der Waals surface area contributed by atoms with Crippen LogP contribution in [0.1, 0.15) is 27.0 Å². The fraction of sp³-hybridized carbons (Fsp3) is 0.133. The molecule has 2 aromatic rings. The summed E-state index contributed by atoms with van der Waals surface area (Å²) < 4.78 is 27.2. The van der Waals surface area contributed by atoms with Gasteiger partial charge in [0, 0.05) is 15.6 Å². The van der Waals surface area contributed by atoms with Crippen LogP contribution in [0.5, 0.6) is 0 Å². The van der Waals surface area contributed by atoms with Crippen LogP contribution >= 0.6 is 15.9 Å². The van der Waals surface area contributed by atoms with Crippen LogP contribution < -0.4 is 5.73 Å². The average molecular weight is 340 g/mol. The minimum Gasteiger partial charge on any atom is -0.396 e. The Hall–Kier alpha value is -1.75. The van der Waals surface area contributed by atoms with Crippen LogP contribution in [0.4, 0.5) is 14.5 Å². The zero-order chi connectivity index (χ0) is 15.0. The van der Waals surface area contributed by atoms with Crippen LogP contribution in [-0.4, -0.2) is 5.78 Å². The van der Waals surface area contributed by atoms with Crippen molar-refractivity contribution in [2.24, 2.45) is 0 Å². The Bertz CT molecular complexity index is 690. The van der Waals surface area contributed by atoms with Crippen LogP contribution in [0.2, 0.25) is 0 Å². The van der Waals surface area contributed by atoms with E-state index >= 15 is 0 Å². The number of benzene rings is 2. The normalized spacial score (nSPS) is 10.7. The lowest BCUT2D eigenvalue weighted by atomic mass is 9.98. The quantitative estimate of drug-likeness (QED) is 0.659. The van der Waals surface area contributed by atoms with Crippen molar-refractivity contribution in [1.82, 2.24) is 0 Å². The molecule has 2 aromatic carbocycles. The molecule has 0 radical (unpaired) electrons. The largest absolute Gasteiger partial charge is 0.396 e. The molecule has 5 heteroatoms. The van der Waals surface area contributed by atoms with Crippen molar-refractivity contribution in [3.63, 3.8) is 0 Å². The topological polar surface area (TPSA) is 43.1 Å². The van der Waals surface area contributed by atoms with E-state index < -0.39 is 5.82 Å². The smallest absolute Gasteiger partial charge is 0.194 e. The first-order valence-electron chi connectivity index (χ1n) is 5.87. The number of nitrogens with two attached hydrogens (primary N) is 1. The van der Waals surface area contributed by atoms with Crippen molar-refractivity contribution in [2.75, 3.05) is 5.73 Å². The highest BCUT2D eigenvalue weighted by atomic mass is 79.9. The van der Waals surface area contributed by atoms with Gasteiger partial charge in [-0.05, 0) is 65.2 Å². The predicted octanol–water partition coefficient (Wildman–Crippen LogP) is 4.16. The maximum absolute atomic E-state index is 13.6. The molecular formula is C15H12BrF2NO. The Morgan fingerprint density at radius 2 is 1.65 bits per heavy atom. The number of rotatable bonds is 2. The third-order valence-electron chi connectivity index (χ3n) is 3.03. The molecule has 0 unspecified atom stereocenters. The van der Waals surface area contributed by atoms with Gasteiger partial charge in [-0.3, -0.25) is 4.79 Å². The van der Waals surface area contributed by atoms with Crippen LogP contribution in [0.3, 0.4) is 0 Å². The van der Waals surface area contributed by atoms with Gasteiger partial charge in [-0.2, -0.15) is 0 Å². The SMILES string of the molecule is Cc1cc(C(=O)c2cc(N)c(F)cc2Br)cc(C)c1F. The van der Waals surface area contributed by atoms with Gasteiger partial charge in [0.25, 0.3) is 0 Å². The van der Waals surface area contributed by atoms with E-state index in [1.54, 1.807) is 13.8 Å². The first kappa shape index (κ1) is 14.7. The third-order valence-corrected chi connectivity index (χ3v) is 3.69. The van der Waals surface area contributed by atoms with E-state index in [1.807, 2.05) is 0 Å². The van der Waals surface area contributed by atoms with Crippen molar-refractivity contribution in [3.8, 4) is 0 Å². The number of hydrogen-bond acceptors (Lipinski definition) is 2. The van der Waals surface area contributed by atoms with Crippen LogP contribution in [-0.2, 0) is 0 Å². The molecule has 0 aromatic heterocycles. The number of hydrogen-bond donors (Lipinski definition) is 1. The zero-order valence-corrected chi connectivity index (χ0v) is 12.5. The van der Waals surface area contributed by atoms with Gasteiger partial charge >= 0.3 is 0 Å². The van der Waals surface area contributed by atoms with E-state index in [0.29, 0.717) is 21.2 Å². The Morgan fingerprint density at radius 3 is 2.20 bits per heavy atom. The maximum atomic E-state index is 13.6. The van der Waals surface area contributed by atoms with Gasteiger partial charge in [-0.25, -0.2) is 8.78 Å². The second-order valence-electron chi connectivity index (χ2n) is 4.61. The minimum atomic E-state index is -0.597. The molecule has 0 aliphatic rings. The van der Waals surface area contributed by atoms with Crippen molar-refractivity contribution in [3.05, 3.63) is 62.6 Å². The second-order valence-corrected chi connectivity index (χ2v) is 5.46. The molecular weight excluding hydrogens is 328 g/mol. The van der Waals surface area contributed by atoms with Gasteiger partial charge < -0.3 is 5.73 Å². The summed E-state index contributed by atoms with van der Waals surface area (Å²) in [5.41, 5.74) is 6.74. The van der Waals surface area contributed by atoms with Crippen LogP contribution in [0, 0.1) is 25.5 Å². The molecule has 0 fully saturated rings. The molecule has 0 atom stereocenters. The predicted molar refractivity (Wildman–Crippen MR) is 77.8 cm³/mol. The molecule has 0 spiro atoms. The zero-order valence-electron chi connectivity index (χ0n) is 10.9. The minimum absolute atomic E-state index is 0.105. The van der Waals surface area contributed by atoms with Gasteiger partial charge in [-0.1, -0.05) is 0 Å². The average Bonchev–Trinajstić information content (AvgIpc) is 2.38. The van der Waals surface area contributed by atoms with Gasteiger partial charge in [0.15, 0.2) is 5.78 Å². The summed E-state index contributed by atoms with van der Waals surface area (Å²) in [5.74, 6) is -1.27. The third kappa shape index (κ3) is 2.58. The van der Waals surface area contributed by atoms with Gasteiger partial charge in [0.05, 0.1) is 5.69 Å². The van der Waals surface area contributed by atoms with Gasteiger partial charge in [0.2, 0.25) is 0 Å². The fourth-order valence-corrected chi connectivity index (χ4v) is 2.47. The first-order chi connectivity index (χ1) is 9.31. The summed E-state index contributed by atoms with van der Waals surface area (Å²) in [7, 11) is 0. The molecule has 0 saturated heterocycles. The molecule has 2 N–H and O–H groups in total. The van der Waals surface area contributed by atoms with Crippen molar-refractivity contribution >= 4 is 27.4 Å².